The van der Waals surface area contributed by atoms with Crippen molar-refractivity contribution in [2.45, 2.75) is 84.3 Å². The summed E-state index contributed by atoms with van der Waals surface area (Å²) in [6.07, 6.45) is 8.77. The maximum absolute atomic E-state index is 13.1. The molecule has 2 aromatic rings. The standard InChI is InChI=1S/C27H38O3/c1-6-7-8-11-18-27(4,19-12-13-21(2)3)30-26(28)25(29-5)24-17-16-22-14-9-10-15-23(22)20-24/h9-10,13-17,20,25H,6-8,11-12,18-19H2,1-5H3/t25?,27-/m0/s1. The zero-order valence-corrected chi connectivity index (χ0v) is 19.4. The number of fused-ring (bicyclic) bond motifs is 1. The van der Waals surface area contributed by atoms with E-state index in [4.69, 9.17) is 9.47 Å². The average molecular weight is 411 g/mol. The van der Waals surface area contributed by atoms with Crippen molar-refractivity contribution >= 4 is 16.7 Å². The smallest absolute Gasteiger partial charge is 0.340 e. The number of carbonyl (C=O) groups excluding carboxylic acids is 1. The maximum Gasteiger partial charge on any atom is 0.340 e. The van der Waals surface area contributed by atoms with Crippen molar-refractivity contribution in [2.24, 2.45) is 0 Å². The van der Waals surface area contributed by atoms with Gasteiger partial charge in [0.1, 0.15) is 5.60 Å². The Kier molecular flexibility index (Phi) is 9.58. The lowest BCUT2D eigenvalue weighted by Gasteiger charge is -2.31. The van der Waals surface area contributed by atoms with Crippen LogP contribution in [-0.2, 0) is 14.3 Å². The van der Waals surface area contributed by atoms with Crippen molar-refractivity contribution in [3.8, 4) is 0 Å². The summed E-state index contributed by atoms with van der Waals surface area (Å²) in [6.45, 7) is 8.49. The van der Waals surface area contributed by atoms with Crippen LogP contribution in [0.15, 0.2) is 54.1 Å². The van der Waals surface area contributed by atoms with Gasteiger partial charge in [0.2, 0.25) is 0 Å². The largest absolute Gasteiger partial charge is 0.457 e. The molecule has 0 fully saturated rings. The number of methoxy groups -OCH3 is 1. The van der Waals surface area contributed by atoms with Gasteiger partial charge in [0.15, 0.2) is 6.10 Å². The van der Waals surface area contributed by atoms with Gasteiger partial charge in [0.25, 0.3) is 0 Å². The van der Waals surface area contributed by atoms with E-state index in [0.717, 1.165) is 42.0 Å². The van der Waals surface area contributed by atoms with Gasteiger partial charge in [-0.1, -0.05) is 74.2 Å². The van der Waals surface area contributed by atoms with Crippen LogP contribution in [0.1, 0.15) is 84.3 Å². The minimum atomic E-state index is -0.715. The van der Waals surface area contributed by atoms with E-state index < -0.39 is 11.7 Å². The number of hydrogen-bond acceptors (Lipinski definition) is 3. The molecule has 3 heteroatoms. The molecule has 0 heterocycles. The van der Waals surface area contributed by atoms with Crippen LogP contribution in [0, 0.1) is 0 Å². The quantitative estimate of drug-likeness (QED) is 0.206. The van der Waals surface area contributed by atoms with Crippen molar-refractivity contribution in [3.05, 3.63) is 59.7 Å². The maximum atomic E-state index is 13.1. The Hall–Kier alpha value is -2.13. The zero-order chi connectivity index (χ0) is 22.0. The second kappa shape index (κ2) is 11.9. The summed E-state index contributed by atoms with van der Waals surface area (Å²) in [7, 11) is 1.57. The number of allylic oxidation sites excluding steroid dienone is 2. The highest BCUT2D eigenvalue weighted by atomic mass is 16.6. The Morgan fingerprint density at radius 1 is 1.03 bits per heavy atom. The van der Waals surface area contributed by atoms with Gasteiger partial charge >= 0.3 is 5.97 Å². The Morgan fingerprint density at radius 3 is 2.43 bits per heavy atom. The molecule has 0 bridgehead atoms. The van der Waals surface area contributed by atoms with E-state index in [2.05, 4.69) is 39.8 Å². The fraction of sp³-hybridized carbons (Fsp3) is 0.519. The van der Waals surface area contributed by atoms with Crippen LogP contribution >= 0.6 is 0 Å². The molecule has 0 amide bonds. The van der Waals surface area contributed by atoms with E-state index in [-0.39, 0.29) is 5.97 Å². The summed E-state index contributed by atoms with van der Waals surface area (Å²) < 4.78 is 11.7. The highest BCUT2D eigenvalue weighted by Crippen LogP contribution is 2.30. The number of esters is 1. The SMILES string of the molecule is CCCCCC[C@@](C)(CCC=C(C)C)OC(=O)C(OC)c1ccc2ccccc2c1. The molecule has 0 radical (unpaired) electrons. The summed E-state index contributed by atoms with van der Waals surface area (Å²) >= 11 is 0. The third-order valence-electron chi connectivity index (χ3n) is 5.66. The monoisotopic (exact) mass is 410 g/mol. The Bertz CT molecular complexity index is 835. The first kappa shape index (κ1) is 24.1. The molecule has 164 valence electrons. The molecular weight excluding hydrogens is 372 g/mol. The molecule has 0 saturated heterocycles. The molecule has 0 aliphatic heterocycles. The molecule has 0 aliphatic carbocycles. The number of benzene rings is 2. The van der Waals surface area contributed by atoms with Crippen LogP contribution in [0.4, 0.5) is 0 Å². The minimum Gasteiger partial charge on any atom is -0.457 e. The topological polar surface area (TPSA) is 35.5 Å². The minimum absolute atomic E-state index is 0.303. The molecule has 1 unspecified atom stereocenters. The van der Waals surface area contributed by atoms with E-state index in [1.54, 1.807) is 7.11 Å². The van der Waals surface area contributed by atoms with Crippen molar-refractivity contribution < 1.29 is 14.3 Å². The van der Waals surface area contributed by atoms with E-state index >= 15 is 0 Å². The Balaban J connectivity index is 2.15. The predicted molar refractivity (Wildman–Crippen MR) is 126 cm³/mol. The van der Waals surface area contributed by atoms with Crippen LogP contribution in [0.5, 0.6) is 0 Å². The normalized spacial score (nSPS) is 14.2. The van der Waals surface area contributed by atoms with Gasteiger partial charge in [0.05, 0.1) is 0 Å². The average Bonchev–Trinajstić information content (AvgIpc) is 2.71. The molecule has 0 aliphatic rings. The van der Waals surface area contributed by atoms with E-state index in [1.165, 1.54) is 24.8 Å². The number of ether oxygens (including phenoxy) is 2. The van der Waals surface area contributed by atoms with Gasteiger partial charge in [-0.15, -0.1) is 0 Å². The van der Waals surface area contributed by atoms with Crippen LogP contribution in [0.25, 0.3) is 10.8 Å². The first-order valence-corrected chi connectivity index (χ1v) is 11.3. The lowest BCUT2D eigenvalue weighted by molar-refractivity contribution is -0.172. The third-order valence-corrected chi connectivity index (χ3v) is 5.66. The molecule has 3 nitrogen and oxygen atoms in total. The zero-order valence-electron chi connectivity index (χ0n) is 19.4. The molecule has 2 aromatic carbocycles. The number of carbonyl (C=O) groups is 1. The van der Waals surface area contributed by atoms with Crippen molar-refractivity contribution in [1.29, 1.82) is 0 Å². The van der Waals surface area contributed by atoms with E-state index in [0.29, 0.717) is 0 Å². The van der Waals surface area contributed by atoms with Crippen LogP contribution in [0.2, 0.25) is 0 Å². The van der Waals surface area contributed by atoms with Gasteiger partial charge in [-0.25, -0.2) is 4.79 Å². The van der Waals surface area contributed by atoms with Crippen molar-refractivity contribution in [3.63, 3.8) is 0 Å². The first-order chi connectivity index (χ1) is 14.4. The molecule has 30 heavy (non-hydrogen) atoms. The summed E-state index contributed by atoms with van der Waals surface area (Å²) in [6, 6.07) is 14.1. The second-order valence-corrected chi connectivity index (χ2v) is 8.72. The highest BCUT2D eigenvalue weighted by Gasteiger charge is 2.32. The van der Waals surface area contributed by atoms with Gasteiger partial charge in [-0.05, 0) is 68.9 Å². The van der Waals surface area contributed by atoms with E-state index in [1.807, 2.05) is 36.4 Å². The fourth-order valence-electron chi connectivity index (χ4n) is 3.85. The summed E-state index contributed by atoms with van der Waals surface area (Å²) in [4.78, 5) is 13.1. The van der Waals surface area contributed by atoms with Crippen LogP contribution < -0.4 is 0 Å². The van der Waals surface area contributed by atoms with E-state index in [9.17, 15) is 4.79 Å². The van der Waals surface area contributed by atoms with Crippen LogP contribution in [0.3, 0.4) is 0 Å². The molecular formula is C27H38O3. The lowest BCUT2D eigenvalue weighted by Crippen LogP contribution is -2.34. The van der Waals surface area contributed by atoms with Gasteiger partial charge in [-0.3, -0.25) is 0 Å². The van der Waals surface area contributed by atoms with Crippen LogP contribution in [-0.4, -0.2) is 18.7 Å². The molecule has 0 spiro atoms. The Morgan fingerprint density at radius 2 is 1.77 bits per heavy atom. The van der Waals surface area contributed by atoms with Crippen molar-refractivity contribution in [2.75, 3.05) is 7.11 Å². The Labute approximate surface area is 182 Å². The lowest BCUT2D eigenvalue weighted by atomic mass is 9.92. The molecule has 2 atom stereocenters. The molecule has 2 rings (SSSR count). The third kappa shape index (κ3) is 7.28. The van der Waals surface area contributed by atoms with Gasteiger partial charge in [0, 0.05) is 7.11 Å². The second-order valence-electron chi connectivity index (χ2n) is 8.72. The molecule has 0 aromatic heterocycles. The highest BCUT2D eigenvalue weighted by molar-refractivity contribution is 5.85. The van der Waals surface area contributed by atoms with Gasteiger partial charge in [-0.2, -0.15) is 0 Å². The summed E-state index contributed by atoms with van der Waals surface area (Å²) in [5.41, 5.74) is 1.64. The number of hydrogen-bond donors (Lipinski definition) is 0. The summed E-state index contributed by atoms with van der Waals surface area (Å²) in [5.74, 6) is -0.303. The van der Waals surface area contributed by atoms with Crippen molar-refractivity contribution in [1.82, 2.24) is 0 Å². The number of rotatable bonds is 12. The predicted octanol–water partition coefficient (Wildman–Crippen LogP) is 7.55. The number of unbranched alkanes of at least 4 members (excludes halogenated alkanes) is 3. The van der Waals surface area contributed by atoms with Gasteiger partial charge < -0.3 is 9.47 Å². The molecule has 0 saturated carbocycles. The molecule has 0 N–H and O–H groups in total. The fourth-order valence-corrected chi connectivity index (χ4v) is 3.85. The first-order valence-electron chi connectivity index (χ1n) is 11.3. The summed E-state index contributed by atoms with van der Waals surface area (Å²) in [5, 5.41) is 2.24.